The number of anilines is 1. The summed E-state index contributed by atoms with van der Waals surface area (Å²) in [5.74, 6) is 0.681. The van der Waals surface area contributed by atoms with E-state index < -0.39 is 0 Å². The molecular formula is C7H6ClN3O2. The Hall–Kier alpha value is -1.36. The van der Waals surface area contributed by atoms with Gasteiger partial charge in [0.1, 0.15) is 5.82 Å². The number of halogens is 1. The van der Waals surface area contributed by atoms with Crippen molar-refractivity contribution in [2.24, 2.45) is 0 Å². The molecule has 0 spiro atoms. The van der Waals surface area contributed by atoms with E-state index in [0.717, 1.165) is 0 Å². The molecule has 0 saturated carbocycles. The summed E-state index contributed by atoms with van der Waals surface area (Å²) in [5, 5.41) is 2.63. The summed E-state index contributed by atoms with van der Waals surface area (Å²) in [6.45, 7) is 0. The minimum Gasteiger partial charge on any atom is -0.481 e. The van der Waals surface area contributed by atoms with E-state index in [4.69, 9.17) is 16.3 Å². The maximum atomic E-state index is 11.0. The normalized spacial score (nSPS) is 13.8. The van der Waals surface area contributed by atoms with Crippen LogP contribution in [0.25, 0.3) is 0 Å². The molecule has 5 nitrogen and oxygen atoms in total. The van der Waals surface area contributed by atoms with Crippen molar-refractivity contribution >= 4 is 23.3 Å². The number of nitrogens with one attached hydrogen (secondary N) is 1. The number of aromatic nitrogens is 2. The Balaban J connectivity index is 2.56. The third-order valence-electron chi connectivity index (χ3n) is 1.73. The number of hydrogen-bond acceptors (Lipinski definition) is 4. The Bertz CT molecular complexity index is 380. The fourth-order valence-electron chi connectivity index (χ4n) is 1.21. The van der Waals surface area contributed by atoms with Crippen LogP contribution < -0.4 is 10.1 Å². The molecule has 1 amide bonds. The minimum absolute atomic E-state index is 0.0674. The van der Waals surface area contributed by atoms with Crippen molar-refractivity contribution in [3.8, 4) is 5.88 Å². The summed E-state index contributed by atoms with van der Waals surface area (Å²) < 4.78 is 4.96. The van der Waals surface area contributed by atoms with E-state index in [1.54, 1.807) is 0 Å². The van der Waals surface area contributed by atoms with Gasteiger partial charge in [-0.25, -0.2) is 0 Å². The zero-order chi connectivity index (χ0) is 9.42. The molecule has 0 aliphatic carbocycles. The van der Waals surface area contributed by atoms with Crippen LogP contribution >= 0.6 is 11.6 Å². The molecule has 0 aromatic carbocycles. The van der Waals surface area contributed by atoms with E-state index in [1.165, 1.54) is 7.11 Å². The predicted molar refractivity (Wildman–Crippen MR) is 45.9 cm³/mol. The average molecular weight is 200 g/mol. The Labute approximate surface area is 79.1 Å². The number of hydrogen-bond donors (Lipinski definition) is 1. The molecule has 68 valence electrons. The third-order valence-corrected chi connectivity index (χ3v) is 1.90. The van der Waals surface area contributed by atoms with Gasteiger partial charge in [0.2, 0.25) is 17.1 Å². The van der Waals surface area contributed by atoms with E-state index in [1.807, 2.05) is 0 Å². The second-order valence-corrected chi connectivity index (χ2v) is 2.89. The minimum atomic E-state index is -0.120. The first-order chi connectivity index (χ1) is 6.20. The molecular weight excluding hydrogens is 194 g/mol. The lowest BCUT2D eigenvalue weighted by Gasteiger charge is -2.03. The van der Waals surface area contributed by atoms with Crippen LogP contribution in [0.4, 0.5) is 5.82 Å². The van der Waals surface area contributed by atoms with E-state index in [9.17, 15) is 4.79 Å². The quantitative estimate of drug-likeness (QED) is 0.674. The standard InChI is InChI=1S/C7H6ClN3O2/c1-13-6-3-2-4(12)9-5(3)10-7(8)11-6/h2H2,1H3,(H,9,10,11,12). The largest absolute Gasteiger partial charge is 0.481 e. The number of ether oxygens (including phenoxy) is 1. The van der Waals surface area contributed by atoms with E-state index in [2.05, 4.69) is 15.3 Å². The molecule has 1 aromatic rings. The van der Waals surface area contributed by atoms with Crippen molar-refractivity contribution in [1.29, 1.82) is 0 Å². The lowest BCUT2D eigenvalue weighted by atomic mass is 10.2. The number of rotatable bonds is 1. The van der Waals surface area contributed by atoms with Gasteiger partial charge in [0.05, 0.1) is 19.1 Å². The van der Waals surface area contributed by atoms with Gasteiger partial charge < -0.3 is 10.1 Å². The summed E-state index contributed by atoms with van der Waals surface area (Å²) in [5.41, 5.74) is 0.664. The zero-order valence-electron chi connectivity index (χ0n) is 6.80. The van der Waals surface area contributed by atoms with Crippen molar-refractivity contribution in [3.63, 3.8) is 0 Å². The van der Waals surface area contributed by atoms with Gasteiger partial charge in [0, 0.05) is 0 Å². The van der Waals surface area contributed by atoms with Gasteiger partial charge >= 0.3 is 0 Å². The van der Waals surface area contributed by atoms with Gasteiger partial charge in [0.25, 0.3) is 0 Å². The van der Waals surface area contributed by atoms with Crippen molar-refractivity contribution in [3.05, 3.63) is 10.8 Å². The predicted octanol–water partition coefficient (Wildman–Crippen LogP) is 0.633. The van der Waals surface area contributed by atoms with Crippen molar-refractivity contribution in [2.45, 2.75) is 6.42 Å². The van der Waals surface area contributed by atoms with Gasteiger partial charge in [-0.1, -0.05) is 0 Å². The number of carbonyl (C=O) groups is 1. The summed E-state index contributed by atoms with van der Waals surface area (Å²) in [6.07, 6.45) is 0.246. The summed E-state index contributed by atoms with van der Waals surface area (Å²) in [7, 11) is 1.47. The molecule has 1 aliphatic rings. The molecule has 0 fully saturated rings. The lowest BCUT2D eigenvalue weighted by molar-refractivity contribution is -0.115. The SMILES string of the molecule is COc1nc(Cl)nc2c1CC(=O)N2. The van der Waals surface area contributed by atoms with Crippen molar-refractivity contribution in [1.82, 2.24) is 9.97 Å². The number of fused-ring (bicyclic) bond motifs is 1. The van der Waals surface area contributed by atoms with E-state index in [-0.39, 0.29) is 17.6 Å². The Morgan fingerprint density at radius 3 is 3.00 bits per heavy atom. The molecule has 0 atom stereocenters. The molecule has 2 heterocycles. The van der Waals surface area contributed by atoms with Gasteiger partial charge in [-0.15, -0.1) is 0 Å². The number of methoxy groups -OCH3 is 1. The second kappa shape index (κ2) is 2.85. The maximum Gasteiger partial charge on any atom is 0.230 e. The van der Waals surface area contributed by atoms with Crippen LogP contribution in [-0.2, 0) is 11.2 Å². The number of amides is 1. The summed E-state index contributed by atoms with van der Waals surface area (Å²) >= 11 is 5.60. The fourth-order valence-corrected chi connectivity index (χ4v) is 1.37. The number of nitrogens with zero attached hydrogens (tertiary/aromatic N) is 2. The van der Waals surface area contributed by atoms with Crippen LogP contribution in [0.1, 0.15) is 5.56 Å². The first kappa shape index (κ1) is 8.25. The molecule has 0 bridgehead atoms. The fraction of sp³-hybridized carbons (Fsp3) is 0.286. The third kappa shape index (κ3) is 1.31. The van der Waals surface area contributed by atoms with Crippen LogP contribution in [0.5, 0.6) is 5.88 Å². The molecule has 13 heavy (non-hydrogen) atoms. The molecule has 6 heteroatoms. The maximum absolute atomic E-state index is 11.0. The lowest BCUT2D eigenvalue weighted by Crippen LogP contribution is -2.04. The second-order valence-electron chi connectivity index (χ2n) is 2.55. The molecule has 1 aliphatic heterocycles. The Morgan fingerprint density at radius 2 is 2.31 bits per heavy atom. The van der Waals surface area contributed by atoms with Crippen LogP contribution in [-0.4, -0.2) is 23.0 Å². The van der Waals surface area contributed by atoms with Crippen molar-refractivity contribution in [2.75, 3.05) is 12.4 Å². The summed E-state index contributed by atoms with van der Waals surface area (Å²) in [4.78, 5) is 18.7. The molecule has 0 radical (unpaired) electrons. The Morgan fingerprint density at radius 1 is 1.54 bits per heavy atom. The van der Waals surface area contributed by atoms with Crippen LogP contribution in [0.15, 0.2) is 0 Å². The monoisotopic (exact) mass is 199 g/mol. The first-order valence-corrected chi connectivity index (χ1v) is 3.98. The molecule has 1 N–H and O–H groups in total. The van der Waals surface area contributed by atoms with Crippen LogP contribution in [0.2, 0.25) is 5.28 Å². The smallest absolute Gasteiger partial charge is 0.230 e. The molecule has 0 saturated heterocycles. The van der Waals surface area contributed by atoms with E-state index in [0.29, 0.717) is 17.3 Å². The van der Waals surface area contributed by atoms with E-state index >= 15 is 0 Å². The average Bonchev–Trinajstić information content (AvgIpc) is 2.43. The molecule has 2 rings (SSSR count). The Kier molecular flexibility index (Phi) is 1.81. The topological polar surface area (TPSA) is 64.1 Å². The van der Waals surface area contributed by atoms with Gasteiger partial charge in [-0.2, -0.15) is 9.97 Å². The zero-order valence-corrected chi connectivity index (χ0v) is 7.55. The van der Waals surface area contributed by atoms with Crippen molar-refractivity contribution < 1.29 is 9.53 Å². The van der Waals surface area contributed by atoms with Gasteiger partial charge in [-0.3, -0.25) is 4.79 Å². The summed E-state index contributed by atoms with van der Waals surface area (Å²) in [6, 6.07) is 0. The highest BCUT2D eigenvalue weighted by Gasteiger charge is 2.24. The number of carbonyl (C=O) groups excluding carboxylic acids is 1. The highest BCUT2D eigenvalue weighted by Crippen LogP contribution is 2.29. The molecule has 1 aromatic heterocycles. The van der Waals surface area contributed by atoms with Gasteiger partial charge in [-0.05, 0) is 11.6 Å². The van der Waals surface area contributed by atoms with Crippen LogP contribution in [0.3, 0.4) is 0 Å². The molecule has 0 unspecified atom stereocenters. The highest BCUT2D eigenvalue weighted by atomic mass is 35.5. The van der Waals surface area contributed by atoms with Crippen LogP contribution in [0, 0.1) is 0 Å². The highest BCUT2D eigenvalue weighted by molar-refractivity contribution is 6.28. The van der Waals surface area contributed by atoms with Gasteiger partial charge in [0.15, 0.2) is 0 Å². The first-order valence-electron chi connectivity index (χ1n) is 3.61.